The molecule has 0 aliphatic rings. The van der Waals surface area contributed by atoms with E-state index in [1.807, 2.05) is 119 Å². The van der Waals surface area contributed by atoms with Crippen LogP contribution in [0.1, 0.15) is 82.7 Å². The summed E-state index contributed by atoms with van der Waals surface area (Å²) in [6.45, 7) is 8.58. The number of halogens is 1. The summed E-state index contributed by atoms with van der Waals surface area (Å²) >= 11 is 3.53. The molecule has 0 atom stereocenters. The quantitative estimate of drug-likeness (QED) is 0.0875. The van der Waals surface area contributed by atoms with Crippen LogP contribution in [0, 0.1) is 0 Å². The Morgan fingerprint density at radius 1 is 0.533 bits per heavy atom. The average Bonchev–Trinajstić information content (AvgIpc) is 3.82. The molecule has 0 saturated heterocycles. The lowest BCUT2D eigenvalue weighted by molar-refractivity contribution is 0.102. The third kappa shape index (κ3) is 10.5. The van der Waals surface area contributed by atoms with E-state index < -0.39 is 0 Å². The highest BCUT2D eigenvalue weighted by Crippen LogP contribution is 2.37. The fraction of sp³-hybridized carbons (Fsp3) is 0.208. The second-order valence-corrected chi connectivity index (χ2v) is 14.9. The van der Waals surface area contributed by atoms with Crippen LogP contribution in [-0.4, -0.2) is 45.3 Å². The number of ether oxygens (including phenoxy) is 5. The fourth-order valence-corrected chi connectivity index (χ4v) is 6.83. The first-order valence-electron chi connectivity index (χ1n) is 19.4. The number of para-hydroxylation sites is 1. The van der Waals surface area contributed by atoms with E-state index in [2.05, 4.69) is 26.1 Å². The number of carbonyl (C=O) groups excluding carboxylic acids is 2. The Labute approximate surface area is 358 Å². The number of aromatic nitrogens is 4. The van der Waals surface area contributed by atoms with Crippen molar-refractivity contribution in [3.8, 4) is 34.9 Å². The highest BCUT2D eigenvalue weighted by Gasteiger charge is 2.30. The summed E-state index contributed by atoms with van der Waals surface area (Å²) in [6.07, 6.45) is 0. The van der Waals surface area contributed by atoms with Gasteiger partial charge in [-0.15, -0.1) is 10.2 Å². The summed E-state index contributed by atoms with van der Waals surface area (Å²) in [7, 11) is 3.18. The molecule has 7 aromatic rings. The molecule has 0 radical (unpaired) electrons. The van der Waals surface area contributed by atoms with Crippen LogP contribution < -0.4 is 23.7 Å². The molecule has 0 saturated carbocycles. The van der Waals surface area contributed by atoms with Crippen molar-refractivity contribution in [2.45, 2.75) is 53.0 Å². The minimum Gasteiger partial charge on any atom is -0.497 e. The molecule has 0 spiro atoms. The highest BCUT2D eigenvalue weighted by atomic mass is 79.9. The number of hydrogen-bond acceptors (Lipinski definition) is 9. The molecule has 0 aliphatic carbocycles. The van der Waals surface area contributed by atoms with Gasteiger partial charge in [-0.1, -0.05) is 78.9 Å². The van der Waals surface area contributed by atoms with Crippen molar-refractivity contribution >= 4 is 27.5 Å². The second-order valence-electron chi connectivity index (χ2n) is 14.1. The van der Waals surface area contributed by atoms with E-state index >= 15 is 0 Å². The van der Waals surface area contributed by atoms with E-state index in [1.54, 1.807) is 72.1 Å². The van der Waals surface area contributed by atoms with Gasteiger partial charge in [-0.3, -0.25) is 14.3 Å². The van der Waals surface area contributed by atoms with Gasteiger partial charge in [-0.05, 0) is 115 Å². The first-order valence-corrected chi connectivity index (χ1v) is 20.2. The van der Waals surface area contributed by atoms with E-state index in [-0.39, 0.29) is 41.7 Å². The van der Waals surface area contributed by atoms with Crippen LogP contribution in [0.5, 0.6) is 34.9 Å². The van der Waals surface area contributed by atoms with Crippen molar-refractivity contribution in [3.63, 3.8) is 0 Å². The third-order valence-corrected chi connectivity index (χ3v) is 9.95. The average molecular weight is 872 g/mol. The molecule has 60 heavy (non-hydrogen) atoms. The predicted molar refractivity (Wildman–Crippen MR) is 234 cm³/mol. The van der Waals surface area contributed by atoms with Gasteiger partial charge in [-0.25, -0.2) is 4.68 Å². The summed E-state index contributed by atoms with van der Waals surface area (Å²) in [5.74, 6) is 2.49. The van der Waals surface area contributed by atoms with Gasteiger partial charge in [0.2, 0.25) is 29.2 Å². The molecule has 5 aromatic carbocycles. The van der Waals surface area contributed by atoms with Gasteiger partial charge < -0.3 is 23.7 Å². The summed E-state index contributed by atoms with van der Waals surface area (Å²) in [4.78, 5) is 26.8. The predicted octanol–water partition coefficient (Wildman–Crippen LogP) is 11.1. The Hall–Kier alpha value is -6.66. The smallest absolute Gasteiger partial charge is 0.248 e. The van der Waals surface area contributed by atoms with E-state index in [1.165, 1.54) is 0 Å². The zero-order valence-electron chi connectivity index (χ0n) is 34.4. The summed E-state index contributed by atoms with van der Waals surface area (Å²) < 4.78 is 32.6. The van der Waals surface area contributed by atoms with Crippen LogP contribution in [0.3, 0.4) is 0 Å². The minimum absolute atomic E-state index is 0.0554. The number of methoxy groups -OCH3 is 2. The molecule has 11 nitrogen and oxygen atoms in total. The van der Waals surface area contributed by atoms with Crippen LogP contribution in [-0.2, 0) is 13.2 Å². The monoisotopic (exact) mass is 870 g/mol. The van der Waals surface area contributed by atoms with Gasteiger partial charge in [0.05, 0.1) is 20.3 Å². The molecule has 0 amide bonds. The molecule has 7 rings (SSSR count). The Bertz CT molecular complexity index is 2470. The van der Waals surface area contributed by atoms with Crippen molar-refractivity contribution in [2.24, 2.45) is 0 Å². The second kappa shape index (κ2) is 20.3. The molecular weight excluding hydrogens is 824 g/mol. The lowest BCUT2D eigenvalue weighted by Crippen LogP contribution is -2.08. The van der Waals surface area contributed by atoms with Crippen molar-refractivity contribution in [3.05, 3.63) is 178 Å². The normalized spacial score (nSPS) is 10.8. The van der Waals surface area contributed by atoms with E-state index in [0.29, 0.717) is 56.9 Å². The van der Waals surface area contributed by atoms with Gasteiger partial charge in [0.1, 0.15) is 46.2 Å². The topological polar surface area (TPSA) is 116 Å². The zero-order valence-corrected chi connectivity index (χ0v) is 36.0. The first kappa shape index (κ1) is 42.9. The number of ketones is 2. The van der Waals surface area contributed by atoms with Gasteiger partial charge >= 0.3 is 0 Å². The Morgan fingerprint density at radius 2 is 0.933 bits per heavy atom. The van der Waals surface area contributed by atoms with Crippen LogP contribution >= 0.6 is 15.9 Å². The summed E-state index contributed by atoms with van der Waals surface area (Å²) in [6, 6.07) is 42.9. The standard InChI is InChI=1S/C27H26N2O4.C21H21BrN2O3/c1-19(2)29-27(33-23-12-8-5-9-13-23)24(25(30)21-14-16-22(31-3)17-15-21)26(28-29)32-18-20-10-6-4-7-11-20;1-14(2)24-20(22)18(19(25)16-9-11-17(26-3)12-10-16)21(23-24)27-13-15-7-5-4-6-8-15/h4-17,19H,18H2,1-3H3;4-12,14H,13H2,1-3H3. The Balaban J connectivity index is 0.000000205. The molecule has 0 N–H and O–H groups in total. The molecule has 0 bridgehead atoms. The number of nitrogens with zero attached hydrogens (tertiary/aromatic N) is 4. The maximum atomic E-state index is 13.7. The van der Waals surface area contributed by atoms with Crippen molar-refractivity contribution in [2.75, 3.05) is 14.2 Å². The van der Waals surface area contributed by atoms with Crippen molar-refractivity contribution < 1.29 is 33.3 Å². The lowest BCUT2D eigenvalue weighted by Gasteiger charge is -2.13. The molecule has 308 valence electrons. The van der Waals surface area contributed by atoms with Crippen LogP contribution in [0.15, 0.2) is 144 Å². The molecule has 0 unspecified atom stereocenters. The van der Waals surface area contributed by atoms with Crippen molar-refractivity contribution in [1.29, 1.82) is 0 Å². The van der Waals surface area contributed by atoms with Crippen LogP contribution in [0.4, 0.5) is 0 Å². The lowest BCUT2D eigenvalue weighted by atomic mass is 10.1. The third-order valence-electron chi connectivity index (χ3n) is 9.19. The zero-order chi connectivity index (χ0) is 42.6. The summed E-state index contributed by atoms with van der Waals surface area (Å²) in [5, 5.41) is 9.13. The fourth-order valence-electron chi connectivity index (χ4n) is 6.00. The number of rotatable bonds is 16. The van der Waals surface area contributed by atoms with Gasteiger partial charge in [0.25, 0.3) is 0 Å². The van der Waals surface area contributed by atoms with Gasteiger partial charge in [-0.2, -0.15) is 0 Å². The number of carbonyl (C=O) groups is 2. The van der Waals surface area contributed by atoms with E-state index in [4.69, 9.17) is 23.7 Å². The summed E-state index contributed by atoms with van der Waals surface area (Å²) in [5.41, 5.74) is 3.73. The number of hydrogen-bond donors (Lipinski definition) is 0. The molecule has 2 aromatic heterocycles. The Kier molecular flexibility index (Phi) is 14.6. The van der Waals surface area contributed by atoms with Crippen LogP contribution in [0.2, 0.25) is 0 Å². The molecule has 0 aliphatic heterocycles. The van der Waals surface area contributed by atoms with Crippen molar-refractivity contribution in [1.82, 2.24) is 19.6 Å². The van der Waals surface area contributed by atoms with E-state index in [0.717, 1.165) is 11.1 Å². The highest BCUT2D eigenvalue weighted by molar-refractivity contribution is 9.10. The SMILES string of the molecule is COc1ccc(C(=O)c2c(OCc3ccccc3)nn(C(C)C)c2Br)cc1.COc1ccc(C(=O)c2c(OCc3ccccc3)nn(C(C)C)c2Oc2ccccc2)cc1. The van der Waals surface area contributed by atoms with Crippen LogP contribution in [0.25, 0.3) is 0 Å². The minimum atomic E-state index is -0.237. The number of benzene rings is 5. The molecule has 2 heterocycles. The molecule has 0 fully saturated rings. The maximum Gasteiger partial charge on any atom is 0.248 e. The molecule has 12 heteroatoms. The largest absolute Gasteiger partial charge is 0.497 e. The van der Waals surface area contributed by atoms with Gasteiger partial charge in [0.15, 0.2) is 0 Å². The van der Waals surface area contributed by atoms with Gasteiger partial charge in [0, 0.05) is 17.2 Å². The first-order chi connectivity index (χ1) is 29.1. The molecular formula is C48H47BrN4O7. The Morgan fingerprint density at radius 3 is 1.37 bits per heavy atom. The maximum absolute atomic E-state index is 13.7. The van der Waals surface area contributed by atoms with E-state index in [9.17, 15) is 9.59 Å².